The number of methoxy groups -OCH3 is 1. The zero-order valence-electron chi connectivity index (χ0n) is 8.46. The van der Waals surface area contributed by atoms with Gasteiger partial charge in [-0.25, -0.2) is 0 Å². The van der Waals surface area contributed by atoms with Crippen LogP contribution < -0.4 is 0 Å². The molecule has 78 valence electrons. The van der Waals surface area contributed by atoms with Gasteiger partial charge in [0.25, 0.3) is 0 Å². The maximum absolute atomic E-state index is 11.6. The fourth-order valence-corrected chi connectivity index (χ4v) is 3.56. The molecule has 3 atom stereocenters. The third-order valence-corrected chi connectivity index (χ3v) is 4.07. The van der Waals surface area contributed by atoms with Crippen LogP contribution in [0.3, 0.4) is 0 Å². The molecule has 0 heterocycles. The predicted octanol–water partition coefficient (Wildman–Crippen LogP) is 1.38. The Labute approximate surface area is 87.8 Å². The summed E-state index contributed by atoms with van der Waals surface area (Å²) in [7, 11) is 1.30. The minimum atomic E-state index is -1.06. The highest BCUT2D eigenvalue weighted by molar-refractivity contribution is 6.40. The minimum absolute atomic E-state index is 0.0448. The summed E-state index contributed by atoms with van der Waals surface area (Å²) in [5.74, 6) is -0.723. The lowest BCUT2D eigenvalue weighted by Crippen LogP contribution is -2.31. The molecular formula is C10H13ClO3. The van der Waals surface area contributed by atoms with Gasteiger partial charge < -0.3 is 4.74 Å². The van der Waals surface area contributed by atoms with Gasteiger partial charge in [0.1, 0.15) is 5.78 Å². The van der Waals surface area contributed by atoms with Crippen LogP contribution in [0.5, 0.6) is 0 Å². The van der Waals surface area contributed by atoms with Crippen LogP contribution in [0.25, 0.3) is 0 Å². The fourth-order valence-electron chi connectivity index (χ4n) is 2.88. The zero-order valence-corrected chi connectivity index (χ0v) is 9.22. The van der Waals surface area contributed by atoms with Crippen molar-refractivity contribution in [3.8, 4) is 0 Å². The average Bonchev–Trinajstić information content (AvgIpc) is 2.63. The molecule has 0 aliphatic heterocycles. The van der Waals surface area contributed by atoms with Crippen LogP contribution >= 0.6 is 11.6 Å². The third-order valence-electron chi connectivity index (χ3n) is 3.45. The topological polar surface area (TPSA) is 43.4 Å². The highest BCUT2D eigenvalue weighted by Crippen LogP contribution is 2.70. The molecule has 0 aromatic rings. The van der Waals surface area contributed by atoms with Crippen molar-refractivity contribution in [1.82, 2.24) is 0 Å². The van der Waals surface area contributed by atoms with Crippen LogP contribution in [0.4, 0.5) is 0 Å². The van der Waals surface area contributed by atoms with Crippen molar-refractivity contribution in [2.75, 3.05) is 7.11 Å². The van der Waals surface area contributed by atoms with Crippen molar-refractivity contribution in [3.63, 3.8) is 0 Å². The van der Waals surface area contributed by atoms with Gasteiger partial charge in [-0.1, -0.05) is 13.8 Å². The quantitative estimate of drug-likeness (QED) is 0.491. The minimum Gasteiger partial charge on any atom is -0.468 e. The van der Waals surface area contributed by atoms with Crippen molar-refractivity contribution in [2.45, 2.75) is 25.1 Å². The van der Waals surface area contributed by atoms with E-state index in [2.05, 4.69) is 4.74 Å². The number of carbonyl (C=O) groups is 2. The van der Waals surface area contributed by atoms with Crippen LogP contribution in [-0.4, -0.2) is 23.7 Å². The second-order valence-corrected chi connectivity index (χ2v) is 5.47. The molecule has 3 nitrogen and oxygen atoms in total. The first-order valence-corrected chi connectivity index (χ1v) is 5.03. The van der Waals surface area contributed by atoms with Crippen LogP contribution in [0.2, 0.25) is 0 Å². The van der Waals surface area contributed by atoms with Gasteiger partial charge in [-0.2, -0.15) is 0 Å². The summed E-state index contributed by atoms with van der Waals surface area (Å²) in [6.45, 7) is 3.95. The number of fused-ring (bicyclic) bond motifs is 1. The molecule has 0 aromatic carbocycles. The Morgan fingerprint density at radius 3 is 2.50 bits per heavy atom. The van der Waals surface area contributed by atoms with Crippen molar-refractivity contribution in [2.24, 2.45) is 17.3 Å². The van der Waals surface area contributed by atoms with Gasteiger partial charge in [-0.15, -0.1) is 11.6 Å². The fraction of sp³-hybridized carbons (Fsp3) is 0.800. The molecule has 14 heavy (non-hydrogen) atoms. The van der Waals surface area contributed by atoms with E-state index in [1.165, 1.54) is 7.11 Å². The predicted molar refractivity (Wildman–Crippen MR) is 51.0 cm³/mol. The second kappa shape index (κ2) is 2.51. The molecule has 2 fully saturated rings. The molecule has 0 bridgehead atoms. The van der Waals surface area contributed by atoms with Gasteiger partial charge in [-0.3, -0.25) is 9.59 Å². The number of ketones is 1. The number of halogens is 1. The monoisotopic (exact) mass is 216 g/mol. The number of hydrogen-bond acceptors (Lipinski definition) is 3. The number of esters is 1. The Bertz CT molecular complexity index is 323. The van der Waals surface area contributed by atoms with Gasteiger partial charge >= 0.3 is 5.97 Å². The lowest BCUT2D eigenvalue weighted by Gasteiger charge is -2.22. The Kier molecular flexibility index (Phi) is 1.79. The number of carbonyl (C=O) groups excluding carboxylic acids is 2. The standard InChI is InChI=1S/C10H13ClO3/c1-9(2)4-5(12)6-7(9)10(6,11)8(13)14-3/h6-7H,4H2,1-3H3/t6-,7+,10-/m0/s1. The van der Waals surface area contributed by atoms with E-state index in [1.807, 2.05) is 13.8 Å². The van der Waals surface area contributed by atoms with Gasteiger partial charge in [0.15, 0.2) is 4.87 Å². The first kappa shape index (κ1) is 9.97. The molecule has 0 saturated heterocycles. The summed E-state index contributed by atoms with van der Waals surface area (Å²) in [4.78, 5) is 21.9. The maximum Gasteiger partial charge on any atom is 0.328 e. The van der Waals surface area contributed by atoms with E-state index in [0.29, 0.717) is 6.42 Å². The third kappa shape index (κ3) is 0.937. The molecule has 0 radical (unpaired) electrons. The van der Waals surface area contributed by atoms with E-state index < -0.39 is 10.8 Å². The molecule has 0 N–H and O–H groups in total. The number of Topliss-reactive ketones (excluding diaryl/α,β-unsaturated/α-hetero) is 1. The number of alkyl halides is 1. The summed E-state index contributed by atoms with van der Waals surface area (Å²) < 4.78 is 4.63. The Hall–Kier alpha value is -0.570. The first-order valence-electron chi connectivity index (χ1n) is 4.65. The average molecular weight is 217 g/mol. The summed E-state index contributed by atoms with van der Waals surface area (Å²) >= 11 is 6.15. The van der Waals surface area contributed by atoms with E-state index in [9.17, 15) is 9.59 Å². The zero-order chi connectivity index (χ0) is 10.7. The highest BCUT2D eigenvalue weighted by Gasteiger charge is 2.80. The van der Waals surface area contributed by atoms with E-state index in [-0.39, 0.29) is 23.0 Å². The van der Waals surface area contributed by atoms with Gasteiger partial charge in [0.05, 0.1) is 13.0 Å². The Morgan fingerprint density at radius 1 is 1.57 bits per heavy atom. The number of rotatable bonds is 1. The highest BCUT2D eigenvalue weighted by atomic mass is 35.5. The molecule has 0 spiro atoms. The molecule has 2 rings (SSSR count). The van der Waals surface area contributed by atoms with Crippen LogP contribution in [0, 0.1) is 17.3 Å². The molecule has 2 aliphatic carbocycles. The van der Waals surface area contributed by atoms with Crippen LogP contribution in [0.1, 0.15) is 20.3 Å². The van der Waals surface area contributed by atoms with E-state index >= 15 is 0 Å². The lowest BCUT2D eigenvalue weighted by atomic mass is 9.85. The summed E-state index contributed by atoms with van der Waals surface area (Å²) in [6, 6.07) is 0. The Balaban J connectivity index is 2.31. The van der Waals surface area contributed by atoms with Crippen molar-refractivity contribution < 1.29 is 14.3 Å². The van der Waals surface area contributed by atoms with Crippen molar-refractivity contribution in [1.29, 1.82) is 0 Å². The largest absolute Gasteiger partial charge is 0.468 e. The normalized spacial score (nSPS) is 43.3. The summed E-state index contributed by atoms with van der Waals surface area (Å²) in [6.07, 6.45) is 0.522. The summed E-state index contributed by atoms with van der Waals surface area (Å²) in [5.41, 5.74) is -0.169. The van der Waals surface area contributed by atoms with Crippen molar-refractivity contribution in [3.05, 3.63) is 0 Å². The number of ether oxygens (including phenoxy) is 1. The molecule has 0 unspecified atom stereocenters. The maximum atomic E-state index is 11.6. The molecule has 4 heteroatoms. The molecule has 0 amide bonds. The van der Waals surface area contributed by atoms with Crippen LogP contribution in [-0.2, 0) is 14.3 Å². The SMILES string of the molecule is COC(=O)[C@@]1(Cl)[C@@H]2[C@@H]1C(=O)CC2(C)C. The first-order chi connectivity index (χ1) is 6.35. The summed E-state index contributed by atoms with van der Waals surface area (Å²) in [5, 5.41) is 0. The lowest BCUT2D eigenvalue weighted by molar-refractivity contribution is -0.143. The van der Waals surface area contributed by atoms with E-state index in [0.717, 1.165) is 0 Å². The van der Waals surface area contributed by atoms with Gasteiger partial charge in [0.2, 0.25) is 0 Å². The second-order valence-electron chi connectivity index (χ2n) is 4.85. The van der Waals surface area contributed by atoms with E-state index in [1.54, 1.807) is 0 Å². The molecule has 2 saturated carbocycles. The van der Waals surface area contributed by atoms with Crippen molar-refractivity contribution >= 4 is 23.4 Å². The number of hydrogen-bond donors (Lipinski definition) is 0. The Morgan fingerprint density at radius 2 is 2.14 bits per heavy atom. The van der Waals surface area contributed by atoms with Gasteiger partial charge in [0, 0.05) is 12.3 Å². The molecule has 2 aliphatic rings. The molecule has 0 aromatic heterocycles. The molecular weight excluding hydrogens is 204 g/mol. The van der Waals surface area contributed by atoms with Crippen LogP contribution in [0.15, 0.2) is 0 Å². The smallest absolute Gasteiger partial charge is 0.328 e. The van der Waals surface area contributed by atoms with Gasteiger partial charge in [-0.05, 0) is 5.41 Å². The van der Waals surface area contributed by atoms with E-state index in [4.69, 9.17) is 11.6 Å².